The van der Waals surface area contributed by atoms with Crippen molar-refractivity contribution in [2.45, 2.75) is 25.9 Å². The van der Waals surface area contributed by atoms with Crippen molar-refractivity contribution in [3.63, 3.8) is 0 Å². The van der Waals surface area contributed by atoms with E-state index in [1.807, 2.05) is 19.1 Å². The van der Waals surface area contributed by atoms with Crippen LogP contribution >= 0.6 is 0 Å². The molecule has 1 fully saturated rings. The number of carbonyl (C=O) groups excluding carboxylic acids is 1. The molecular formula is C16H19N3O3. The van der Waals surface area contributed by atoms with E-state index in [0.717, 1.165) is 24.9 Å². The number of piperidine rings is 1. The molecule has 0 spiro atoms. The summed E-state index contributed by atoms with van der Waals surface area (Å²) in [6.07, 6.45) is 5.43. The maximum absolute atomic E-state index is 12.5. The van der Waals surface area contributed by atoms with E-state index in [1.54, 1.807) is 23.4 Å². The predicted octanol–water partition coefficient (Wildman–Crippen LogP) is 2.38. The summed E-state index contributed by atoms with van der Waals surface area (Å²) < 4.78 is 10.9. The maximum atomic E-state index is 12.5. The summed E-state index contributed by atoms with van der Waals surface area (Å²) in [7, 11) is 0. The fraction of sp³-hybridized carbons (Fsp3) is 0.438. The molecule has 2 aromatic heterocycles. The van der Waals surface area contributed by atoms with Gasteiger partial charge in [0.05, 0.1) is 6.10 Å². The number of nitrogens with zero attached hydrogens (tertiary/aromatic N) is 3. The van der Waals surface area contributed by atoms with E-state index in [2.05, 4.69) is 10.1 Å². The lowest BCUT2D eigenvalue weighted by molar-refractivity contribution is 0.00689. The van der Waals surface area contributed by atoms with Gasteiger partial charge >= 0.3 is 0 Å². The average Bonchev–Trinajstić information content (AvgIpc) is 3.05. The van der Waals surface area contributed by atoms with Crippen LogP contribution in [0.15, 0.2) is 35.1 Å². The van der Waals surface area contributed by atoms with Crippen molar-refractivity contribution in [1.29, 1.82) is 0 Å². The molecule has 6 nitrogen and oxygen atoms in total. The number of hydrogen-bond acceptors (Lipinski definition) is 5. The van der Waals surface area contributed by atoms with Crippen molar-refractivity contribution >= 4 is 5.91 Å². The smallest absolute Gasteiger partial charge is 0.276 e. The van der Waals surface area contributed by atoms with E-state index < -0.39 is 0 Å². The number of pyridine rings is 1. The van der Waals surface area contributed by atoms with Crippen LogP contribution in [0.1, 0.15) is 30.3 Å². The minimum absolute atomic E-state index is 0.108. The first-order valence-corrected chi connectivity index (χ1v) is 7.56. The van der Waals surface area contributed by atoms with Crippen molar-refractivity contribution in [2.75, 3.05) is 19.7 Å². The number of ether oxygens (including phenoxy) is 1. The van der Waals surface area contributed by atoms with Crippen LogP contribution in [-0.4, -0.2) is 46.7 Å². The zero-order valence-corrected chi connectivity index (χ0v) is 12.6. The van der Waals surface area contributed by atoms with E-state index in [1.165, 1.54) is 0 Å². The molecule has 6 heteroatoms. The molecule has 0 N–H and O–H groups in total. The molecule has 1 aliphatic rings. The third-order valence-corrected chi connectivity index (χ3v) is 3.74. The lowest BCUT2D eigenvalue weighted by Gasteiger charge is -2.31. The minimum atomic E-state index is -0.108. The van der Waals surface area contributed by atoms with Crippen LogP contribution in [0, 0.1) is 0 Å². The molecule has 116 valence electrons. The Balaban J connectivity index is 1.71. The molecule has 1 saturated heterocycles. The van der Waals surface area contributed by atoms with Gasteiger partial charge in [-0.1, -0.05) is 5.16 Å². The lowest BCUT2D eigenvalue weighted by atomic mass is 10.1. The van der Waals surface area contributed by atoms with Crippen LogP contribution in [-0.2, 0) is 4.74 Å². The molecular weight excluding hydrogens is 282 g/mol. The van der Waals surface area contributed by atoms with Gasteiger partial charge in [-0.05, 0) is 31.9 Å². The van der Waals surface area contributed by atoms with Crippen molar-refractivity contribution in [2.24, 2.45) is 0 Å². The van der Waals surface area contributed by atoms with Crippen molar-refractivity contribution in [3.8, 4) is 11.3 Å². The molecule has 0 unspecified atom stereocenters. The first-order valence-electron chi connectivity index (χ1n) is 7.56. The molecule has 22 heavy (non-hydrogen) atoms. The zero-order chi connectivity index (χ0) is 15.4. The SMILES string of the molecule is CCO[C@@H]1CCCN(C(=O)c2cc(-c3cccnc3)on2)C1. The number of likely N-dealkylation sites (tertiary alicyclic amines) is 1. The summed E-state index contributed by atoms with van der Waals surface area (Å²) in [4.78, 5) is 18.3. The second-order valence-electron chi connectivity index (χ2n) is 5.29. The Hall–Kier alpha value is -2.21. The Morgan fingerprint density at radius 1 is 1.55 bits per heavy atom. The van der Waals surface area contributed by atoms with Crippen LogP contribution in [0.2, 0.25) is 0 Å². The van der Waals surface area contributed by atoms with Gasteiger partial charge in [0.2, 0.25) is 0 Å². The number of carbonyl (C=O) groups is 1. The number of amides is 1. The number of aromatic nitrogens is 2. The van der Waals surface area contributed by atoms with Gasteiger partial charge in [0.15, 0.2) is 11.5 Å². The summed E-state index contributed by atoms with van der Waals surface area (Å²) in [5.41, 5.74) is 1.14. The second-order valence-corrected chi connectivity index (χ2v) is 5.29. The first kappa shape index (κ1) is 14.7. The number of rotatable bonds is 4. The van der Waals surface area contributed by atoms with Gasteiger partial charge in [-0.15, -0.1) is 0 Å². The standard InChI is InChI=1S/C16H19N3O3/c1-2-21-13-6-4-8-19(11-13)16(20)14-9-15(22-18-14)12-5-3-7-17-10-12/h3,5,7,9-10,13H,2,4,6,8,11H2,1H3/t13-/m1/s1. The molecule has 3 heterocycles. The maximum Gasteiger partial charge on any atom is 0.276 e. The van der Waals surface area contributed by atoms with E-state index in [9.17, 15) is 4.79 Å². The Bertz CT molecular complexity index is 625. The monoisotopic (exact) mass is 301 g/mol. The molecule has 0 bridgehead atoms. The second kappa shape index (κ2) is 6.70. The highest BCUT2D eigenvalue weighted by Crippen LogP contribution is 2.21. The van der Waals surface area contributed by atoms with E-state index in [-0.39, 0.29) is 12.0 Å². The van der Waals surface area contributed by atoms with Gasteiger partial charge in [0, 0.05) is 43.7 Å². The molecule has 0 aliphatic carbocycles. The normalized spacial score (nSPS) is 18.4. The van der Waals surface area contributed by atoms with Crippen LogP contribution in [0.3, 0.4) is 0 Å². The van der Waals surface area contributed by atoms with E-state index >= 15 is 0 Å². The van der Waals surface area contributed by atoms with E-state index in [4.69, 9.17) is 9.26 Å². The Labute approximate surface area is 129 Å². The average molecular weight is 301 g/mol. The molecule has 0 aromatic carbocycles. The lowest BCUT2D eigenvalue weighted by Crippen LogP contribution is -2.43. The quantitative estimate of drug-likeness (QED) is 0.867. The Morgan fingerprint density at radius 2 is 2.45 bits per heavy atom. The molecule has 1 amide bonds. The van der Waals surface area contributed by atoms with Crippen LogP contribution in [0.5, 0.6) is 0 Å². The molecule has 2 aromatic rings. The topological polar surface area (TPSA) is 68.5 Å². The first-order chi connectivity index (χ1) is 10.8. The Morgan fingerprint density at radius 3 is 3.23 bits per heavy atom. The van der Waals surface area contributed by atoms with Crippen LogP contribution < -0.4 is 0 Å². The fourth-order valence-electron chi connectivity index (χ4n) is 2.68. The molecule has 1 aliphatic heterocycles. The minimum Gasteiger partial charge on any atom is -0.377 e. The fourth-order valence-corrected chi connectivity index (χ4v) is 2.68. The highest BCUT2D eigenvalue weighted by atomic mass is 16.5. The number of hydrogen-bond donors (Lipinski definition) is 0. The van der Waals surface area contributed by atoms with Crippen LogP contribution in [0.25, 0.3) is 11.3 Å². The summed E-state index contributed by atoms with van der Waals surface area (Å²) in [5, 5.41) is 3.90. The molecule has 1 atom stereocenters. The molecule has 0 saturated carbocycles. The summed E-state index contributed by atoms with van der Waals surface area (Å²) in [6, 6.07) is 5.36. The van der Waals surface area contributed by atoms with Crippen LogP contribution in [0.4, 0.5) is 0 Å². The highest BCUT2D eigenvalue weighted by molar-refractivity contribution is 5.93. The third kappa shape index (κ3) is 3.17. The summed E-state index contributed by atoms with van der Waals surface area (Å²) in [5.74, 6) is 0.443. The Kier molecular flexibility index (Phi) is 4.48. The third-order valence-electron chi connectivity index (χ3n) is 3.74. The van der Waals surface area contributed by atoms with Gasteiger partial charge in [-0.2, -0.15) is 0 Å². The summed E-state index contributed by atoms with van der Waals surface area (Å²) in [6.45, 7) is 3.99. The predicted molar refractivity (Wildman–Crippen MR) is 80.3 cm³/mol. The highest BCUT2D eigenvalue weighted by Gasteiger charge is 2.26. The van der Waals surface area contributed by atoms with Gasteiger partial charge < -0.3 is 14.2 Å². The van der Waals surface area contributed by atoms with Crippen molar-refractivity contribution in [1.82, 2.24) is 15.0 Å². The van der Waals surface area contributed by atoms with Gasteiger partial charge in [-0.3, -0.25) is 9.78 Å². The van der Waals surface area contributed by atoms with Crippen molar-refractivity contribution in [3.05, 3.63) is 36.3 Å². The zero-order valence-electron chi connectivity index (χ0n) is 12.6. The molecule has 3 rings (SSSR count). The van der Waals surface area contributed by atoms with Gasteiger partial charge in [-0.25, -0.2) is 0 Å². The summed E-state index contributed by atoms with van der Waals surface area (Å²) >= 11 is 0. The van der Waals surface area contributed by atoms with Crippen molar-refractivity contribution < 1.29 is 14.1 Å². The molecule has 0 radical (unpaired) electrons. The van der Waals surface area contributed by atoms with E-state index in [0.29, 0.717) is 24.6 Å². The largest absolute Gasteiger partial charge is 0.377 e. The van der Waals surface area contributed by atoms with Gasteiger partial charge in [0.1, 0.15) is 0 Å². The van der Waals surface area contributed by atoms with Gasteiger partial charge in [0.25, 0.3) is 5.91 Å².